The van der Waals surface area contributed by atoms with E-state index in [-0.39, 0.29) is 0 Å². The van der Waals surface area contributed by atoms with Gasteiger partial charge in [-0.05, 0) is 39.2 Å². The van der Waals surface area contributed by atoms with Crippen LogP contribution in [0.2, 0.25) is 0 Å². The number of ether oxygens (including phenoxy) is 1. The first-order valence-corrected chi connectivity index (χ1v) is 6.27. The molecule has 0 aliphatic heterocycles. The van der Waals surface area contributed by atoms with E-state index in [2.05, 4.69) is 11.8 Å². The second-order valence-electron chi connectivity index (χ2n) is 4.34. The molecule has 0 aromatic rings. The zero-order chi connectivity index (χ0) is 12.0. The number of aliphatic carboxylic acids is 1. The zero-order valence-corrected chi connectivity index (χ0v) is 10.3. The van der Waals surface area contributed by atoms with Crippen LogP contribution in [0, 0.1) is 0 Å². The number of carbonyl (C=O) groups is 1. The van der Waals surface area contributed by atoms with Crippen molar-refractivity contribution < 1.29 is 14.6 Å². The molecule has 1 aliphatic carbocycles. The van der Waals surface area contributed by atoms with Crippen LogP contribution in [-0.4, -0.2) is 47.8 Å². The molecule has 1 fully saturated rings. The van der Waals surface area contributed by atoms with Gasteiger partial charge >= 0.3 is 5.97 Å². The fourth-order valence-corrected chi connectivity index (χ4v) is 1.97. The predicted octanol–water partition coefficient (Wildman–Crippen LogP) is 1.74. The second-order valence-corrected chi connectivity index (χ2v) is 4.34. The third-order valence-corrected chi connectivity index (χ3v) is 2.90. The number of carboxylic acids is 1. The smallest absolute Gasteiger partial charge is 0.332 e. The largest absolute Gasteiger partial charge is 0.479 e. The topological polar surface area (TPSA) is 49.8 Å². The minimum absolute atomic E-state index is 0.466. The summed E-state index contributed by atoms with van der Waals surface area (Å²) in [5.74, 6) is -0.839. The lowest BCUT2D eigenvalue weighted by Crippen LogP contribution is -2.33. The lowest BCUT2D eigenvalue weighted by molar-refractivity contribution is -0.150. The molecule has 94 valence electrons. The number of hydrogen-bond acceptors (Lipinski definition) is 3. The van der Waals surface area contributed by atoms with Crippen molar-refractivity contribution in [2.24, 2.45) is 0 Å². The van der Waals surface area contributed by atoms with E-state index in [4.69, 9.17) is 9.84 Å². The molecule has 4 heteroatoms. The van der Waals surface area contributed by atoms with E-state index in [1.54, 1.807) is 0 Å². The Morgan fingerprint density at radius 3 is 2.56 bits per heavy atom. The van der Waals surface area contributed by atoms with E-state index in [0.717, 1.165) is 19.5 Å². The van der Waals surface area contributed by atoms with Gasteiger partial charge in [0.25, 0.3) is 0 Å². The molecule has 1 aliphatic rings. The summed E-state index contributed by atoms with van der Waals surface area (Å²) >= 11 is 0. The van der Waals surface area contributed by atoms with Crippen molar-refractivity contribution in [1.29, 1.82) is 0 Å². The van der Waals surface area contributed by atoms with Gasteiger partial charge in [-0.25, -0.2) is 4.79 Å². The Hall–Kier alpha value is -0.610. The van der Waals surface area contributed by atoms with Gasteiger partial charge in [0, 0.05) is 19.2 Å². The highest BCUT2D eigenvalue weighted by atomic mass is 16.5. The average molecular weight is 229 g/mol. The number of carboxylic acid groups (broad SMARTS) is 1. The molecule has 0 saturated heterocycles. The monoisotopic (exact) mass is 229 g/mol. The minimum Gasteiger partial charge on any atom is -0.479 e. The van der Waals surface area contributed by atoms with E-state index < -0.39 is 12.1 Å². The van der Waals surface area contributed by atoms with Gasteiger partial charge in [-0.2, -0.15) is 0 Å². The molecule has 1 unspecified atom stereocenters. The molecule has 0 heterocycles. The van der Waals surface area contributed by atoms with Crippen LogP contribution in [0.3, 0.4) is 0 Å². The Bertz CT molecular complexity index is 216. The van der Waals surface area contributed by atoms with Gasteiger partial charge in [-0.1, -0.05) is 6.92 Å². The molecule has 1 rings (SSSR count). The highest BCUT2D eigenvalue weighted by Gasteiger charge is 2.29. The standard InChI is InChI=1S/C12H23NO3/c1-3-8-13(10-5-6-10)9-7-11(12(14)15)16-4-2/h10-11H,3-9H2,1-2H3,(H,14,15). The average Bonchev–Trinajstić information content (AvgIpc) is 3.05. The summed E-state index contributed by atoms with van der Waals surface area (Å²) < 4.78 is 5.21. The van der Waals surface area contributed by atoms with Crippen molar-refractivity contribution in [2.45, 2.75) is 51.7 Å². The van der Waals surface area contributed by atoms with Gasteiger partial charge in [-0.15, -0.1) is 0 Å². The van der Waals surface area contributed by atoms with E-state index in [1.165, 1.54) is 12.8 Å². The summed E-state index contributed by atoms with van der Waals surface area (Å²) in [6.45, 7) is 6.38. The van der Waals surface area contributed by atoms with Crippen LogP contribution in [0.5, 0.6) is 0 Å². The first kappa shape index (κ1) is 13.5. The fraction of sp³-hybridized carbons (Fsp3) is 0.917. The third kappa shape index (κ3) is 4.49. The van der Waals surface area contributed by atoms with E-state index >= 15 is 0 Å². The summed E-state index contributed by atoms with van der Waals surface area (Å²) in [5.41, 5.74) is 0. The van der Waals surface area contributed by atoms with Crippen molar-refractivity contribution in [3.8, 4) is 0 Å². The normalized spacial score (nSPS) is 17.7. The molecule has 4 nitrogen and oxygen atoms in total. The molecule has 1 atom stereocenters. The van der Waals surface area contributed by atoms with Crippen molar-refractivity contribution >= 4 is 5.97 Å². The molecule has 16 heavy (non-hydrogen) atoms. The van der Waals surface area contributed by atoms with E-state index in [0.29, 0.717) is 19.1 Å². The minimum atomic E-state index is -0.839. The van der Waals surface area contributed by atoms with Gasteiger partial charge < -0.3 is 14.7 Å². The summed E-state index contributed by atoms with van der Waals surface area (Å²) in [7, 11) is 0. The fourth-order valence-electron chi connectivity index (χ4n) is 1.97. The maximum Gasteiger partial charge on any atom is 0.332 e. The highest BCUT2D eigenvalue weighted by Crippen LogP contribution is 2.27. The van der Waals surface area contributed by atoms with E-state index in [9.17, 15) is 4.79 Å². The molecule has 0 amide bonds. The molecule has 0 aromatic heterocycles. The quantitative estimate of drug-likeness (QED) is 0.654. The Balaban J connectivity index is 2.30. The van der Waals surface area contributed by atoms with Crippen molar-refractivity contribution in [1.82, 2.24) is 4.90 Å². The van der Waals surface area contributed by atoms with Crippen LogP contribution in [0.15, 0.2) is 0 Å². The Kier molecular flexibility index (Phi) is 5.77. The third-order valence-electron chi connectivity index (χ3n) is 2.90. The van der Waals surface area contributed by atoms with Gasteiger partial charge in [0.15, 0.2) is 6.10 Å². The van der Waals surface area contributed by atoms with Gasteiger partial charge in [0.1, 0.15) is 0 Å². The summed E-state index contributed by atoms with van der Waals surface area (Å²) in [4.78, 5) is 13.3. The number of nitrogens with zero attached hydrogens (tertiary/aromatic N) is 1. The Labute approximate surface area is 97.6 Å². The van der Waals surface area contributed by atoms with Crippen molar-refractivity contribution in [3.05, 3.63) is 0 Å². The molecule has 0 radical (unpaired) electrons. The van der Waals surface area contributed by atoms with Crippen molar-refractivity contribution in [3.63, 3.8) is 0 Å². The number of rotatable bonds is 9. The van der Waals surface area contributed by atoms with Crippen LogP contribution in [0.25, 0.3) is 0 Å². The number of hydrogen-bond donors (Lipinski definition) is 1. The lowest BCUT2D eigenvalue weighted by Gasteiger charge is -2.23. The molecule has 0 bridgehead atoms. The van der Waals surface area contributed by atoms with E-state index in [1.807, 2.05) is 6.92 Å². The molecule has 1 N–H and O–H groups in total. The van der Waals surface area contributed by atoms with Crippen LogP contribution in [0.4, 0.5) is 0 Å². The van der Waals surface area contributed by atoms with Crippen LogP contribution >= 0.6 is 0 Å². The molecular weight excluding hydrogens is 206 g/mol. The summed E-state index contributed by atoms with van der Waals surface area (Å²) in [6, 6.07) is 0.705. The van der Waals surface area contributed by atoms with Gasteiger partial charge in [0.2, 0.25) is 0 Å². The Morgan fingerprint density at radius 2 is 2.12 bits per heavy atom. The molecule has 1 saturated carbocycles. The van der Waals surface area contributed by atoms with Crippen LogP contribution in [-0.2, 0) is 9.53 Å². The molecular formula is C12H23NO3. The SMILES string of the molecule is CCCN(CCC(OCC)C(=O)O)C1CC1. The first-order chi connectivity index (χ1) is 7.69. The lowest BCUT2D eigenvalue weighted by atomic mass is 10.2. The first-order valence-electron chi connectivity index (χ1n) is 6.27. The summed E-state index contributed by atoms with van der Waals surface area (Å²) in [6.07, 6.45) is 3.63. The summed E-state index contributed by atoms with van der Waals surface area (Å²) in [5, 5.41) is 8.96. The maximum absolute atomic E-state index is 10.9. The van der Waals surface area contributed by atoms with Crippen molar-refractivity contribution in [2.75, 3.05) is 19.7 Å². The predicted molar refractivity (Wildman–Crippen MR) is 62.6 cm³/mol. The second kappa shape index (κ2) is 6.86. The zero-order valence-electron chi connectivity index (χ0n) is 10.3. The van der Waals surface area contributed by atoms with Crippen LogP contribution < -0.4 is 0 Å². The molecule has 0 spiro atoms. The highest BCUT2D eigenvalue weighted by molar-refractivity contribution is 5.72. The van der Waals surface area contributed by atoms with Crippen LogP contribution in [0.1, 0.15) is 39.5 Å². The maximum atomic E-state index is 10.9. The Morgan fingerprint density at radius 1 is 1.44 bits per heavy atom. The van der Waals surface area contributed by atoms with Gasteiger partial charge in [0.05, 0.1) is 0 Å². The molecule has 0 aromatic carbocycles. The van der Waals surface area contributed by atoms with Gasteiger partial charge in [-0.3, -0.25) is 0 Å².